The molecule has 0 radical (unpaired) electrons. The largest absolute Gasteiger partial charge is 0.482 e. The molecule has 0 saturated heterocycles. The minimum atomic E-state index is -0.335. The minimum Gasteiger partial charge on any atom is -0.482 e. The van der Waals surface area contributed by atoms with Gasteiger partial charge in [-0.2, -0.15) is 0 Å². The SMILES string of the molecule is O=C(COc1ccc(Cl)cc1Cl)Nc1ccnc(Cl)c1. The van der Waals surface area contributed by atoms with Crippen molar-refractivity contribution in [3.8, 4) is 5.75 Å². The first-order chi connectivity index (χ1) is 9.54. The number of halogens is 3. The fraction of sp³-hybridized carbons (Fsp3) is 0.0769. The number of nitrogens with zero attached hydrogens (tertiary/aromatic N) is 1. The lowest BCUT2D eigenvalue weighted by atomic mass is 10.3. The van der Waals surface area contributed by atoms with Gasteiger partial charge in [0.15, 0.2) is 6.61 Å². The van der Waals surface area contributed by atoms with Crippen molar-refractivity contribution in [2.45, 2.75) is 0 Å². The minimum absolute atomic E-state index is 0.179. The summed E-state index contributed by atoms with van der Waals surface area (Å²) < 4.78 is 5.30. The highest BCUT2D eigenvalue weighted by atomic mass is 35.5. The van der Waals surface area contributed by atoms with Crippen LogP contribution in [0.1, 0.15) is 0 Å². The first kappa shape index (κ1) is 14.9. The molecule has 0 bridgehead atoms. The van der Waals surface area contributed by atoms with E-state index in [0.717, 1.165) is 0 Å². The lowest BCUT2D eigenvalue weighted by Gasteiger charge is -2.09. The summed E-state index contributed by atoms with van der Waals surface area (Å²) in [6, 6.07) is 7.93. The van der Waals surface area contributed by atoms with Gasteiger partial charge in [-0.05, 0) is 30.3 Å². The molecule has 1 aromatic carbocycles. The monoisotopic (exact) mass is 330 g/mol. The maximum atomic E-state index is 11.7. The van der Waals surface area contributed by atoms with E-state index in [2.05, 4.69) is 10.3 Å². The van der Waals surface area contributed by atoms with Gasteiger partial charge in [0.25, 0.3) is 5.91 Å². The Bertz CT molecular complexity index is 635. The zero-order valence-electron chi connectivity index (χ0n) is 10.1. The first-order valence-corrected chi connectivity index (χ1v) is 6.67. The van der Waals surface area contributed by atoms with E-state index in [0.29, 0.717) is 26.6 Å². The average Bonchev–Trinajstić information content (AvgIpc) is 2.37. The molecule has 0 saturated carbocycles. The molecular weight excluding hydrogens is 323 g/mol. The number of aromatic nitrogens is 1. The van der Waals surface area contributed by atoms with E-state index < -0.39 is 0 Å². The van der Waals surface area contributed by atoms with Gasteiger partial charge in [0.2, 0.25) is 0 Å². The number of hydrogen-bond acceptors (Lipinski definition) is 3. The van der Waals surface area contributed by atoms with E-state index in [4.69, 9.17) is 39.5 Å². The number of carbonyl (C=O) groups excluding carboxylic acids is 1. The first-order valence-electron chi connectivity index (χ1n) is 5.54. The Balaban J connectivity index is 1.92. The summed E-state index contributed by atoms with van der Waals surface area (Å²) in [5.41, 5.74) is 0.542. The third kappa shape index (κ3) is 4.27. The van der Waals surface area contributed by atoms with Crippen molar-refractivity contribution in [1.29, 1.82) is 0 Å². The lowest BCUT2D eigenvalue weighted by molar-refractivity contribution is -0.118. The number of amides is 1. The van der Waals surface area contributed by atoms with Crippen molar-refractivity contribution in [2.24, 2.45) is 0 Å². The number of hydrogen-bond donors (Lipinski definition) is 1. The molecule has 0 aliphatic heterocycles. The average molecular weight is 332 g/mol. The van der Waals surface area contributed by atoms with E-state index >= 15 is 0 Å². The summed E-state index contributed by atoms with van der Waals surface area (Å²) in [6.07, 6.45) is 1.49. The fourth-order valence-corrected chi connectivity index (χ4v) is 2.05. The van der Waals surface area contributed by atoms with Crippen molar-refractivity contribution in [2.75, 3.05) is 11.9 Å². The molecule has 4 nitrogen and oxygen atoms in total. The number of benzene rings is 1. The third-order valence-electron chi connectivity index (χ3n) is 2.26. The standard InChI is InChI=1S/C13H9Cl3N2O2/c14-8-1-2-11(10(15)5-8)20-7-13(19)18-9-3-4-17-12(16)6-9/h1-6H,7H2,(H,17,18,19). The number of carbonyl (C=O) groups is 1. The van der Waals surface area contributed by atoms with Crippen LogP contribution < -0.4 is 10.1 Å². The summed E-state index contributed by atoms with van der Waals surface area (Å²) in [6.45, 7) is -0.179. The molecule has 0 atom stereocenters. The zero-order valence-corrected chi connectivity index (χ0v) is 12.3. The predicted octanol–water partition coefficient (Wildman–Crippen LogP) is 4.06. The molecule has 2 rings (SSSR count). The second-order valence-corrected chi connectivity index (χ2v) is 5.01. The van der Waals surface area contributed by atoms with Crippen LogP contribution >= 0.6 is 34.8 Å². The van der Waals surface area contributed by atoms with E-state index in [1.54, 1.807) is 24.3 Å². The highest BCUT2D eigenvalue weighted by Crippen LogP contribution is 2.27. The van der Waals surface area contributed by atoms with Crippen LogP contribution in [-0.4, -0.2) is 17.5 Å². The molecule has 1 aromatic heterocycles. The van der Waals surface area contributed by atoms with Crippen molar-refractivity contribution in [3.63, 3.8) is 0 Å². The number of nitrogens with one attached hydrogen (secondary N) is 1. The summed E-state index contributed by atoms with van der Waals surface area (Å²) >= 11 is 17.4. The normalized spacial score (nSPS) is 10.2. The van der Waals surface area contributed by atoms with Crippen molar-refractivity contribution < 1.29 is 9.53 Å². The van der Waals surface area contributed by atoms with Gasteiger partial charge in [-0.25, -0.2) is 4.98 Å². The highest BCUT2D eigenvalue weighted by Gasteiger charge is 2.07. The van der Waals surface area contributed by atoms with E-state index in [1.165, 1.54) is 12.3 Å². The Morgan fingerprint density at radius 2 is 2.00 bits per heavy atom. The van der Waals surface area contributed by atoms with Crippen LogP contribution in [0.3, 0.4) is 0 Å². The summed E-state index contributed by atoms with van der Waals surface area (Å²) in [5, 5.41) is 3.77. The zero-order chi connectivity index (χ0) is 14.5. The van der Waals surface area contributed by atoms with Crippen molar-refractivity contribution in [1.82, 2.24) is 4.98 Å². The number of ether oxygens (including phenoxy) is 1. The number of anilines is 1. The quantitative estimate of drug-likeness (QED) is 0.860. The summed E-state index contributed by atoms with van der Waals surface area (Å²) in [5.74, 6) is 0.0530. The Hall–Kier alpha value is -1.49. The van der Waals surface area contributed by atoms with Crippen LogP contribution in [0.5, 0.6) is 5.75 Å². The van der Waals surface area contributed by atoms with Gasteiger partial charge >= 0.3 is 0 Å². The number of rotatable bonds is 4. The van der Waals surface area contributed by atoms with Crippen LogP contribution in [-0.2, 0) is 4.79 Å². The maximum absolute atomic E-state index is 11.7. The topological polar surface area (TPSA) is 51.2 Å². The van der Waals surface area contributed by atoms with Crippen molar-refractivity contribution in [3.05, 3.63) is 51.7 Å². The fourth-order valence-electron chi connectivity index (χ4n) is 1.41. The van der Waals surface area contributed by atoms with Crippen LogP contribution in [0.4, 0.5) is 5.69 Å². The molecule has 0 spiro atoms. The lowest BCUT2D eigenvalue weighted by Crippen LogP contribution is -2.20. The van der Waals surface area contributed by atoms with Gasteiger partial charge in [-0.15, -0.1) is 0 Å². The molecule has 104 valence electrons. The maximum Gasteiger partial charge on any atom is 0.262 e. The van der Waals surface area contributed by atoms with Gasteiger partial charge in [-0.1, -0.05) is 34.8 Å². The molecule has 1 amide bonds. The predicted molar refractivity (Wildman–Crippen MR) is 79.8 cm³/mol. The van der Waals surface area contributed by atoms with Gasteiger partial charge < -0.3 is 10.1 Å². The van der Waals surface area contributed by atoms with Crippen LogP contribution in [0.15, 0.2) is 36.5 Å². The van der Waals surface area contributed by atoms with E-state index in [-0.39, 0.29) is 12.5 Å². The van der Waals surface area contributed by atoms with Crippen LogP contribution in [0.2, 0.25) is 15.2 Å². The molecule has 0 unspecified atom stereocenters. The second-order valence-electron chi connectivity index (χ2n) is 3.78. The highest BCUT2D eigenvalue weighted by molar-refractivity contribution is 6.35. The van der Waals surface area contributed by atoms with Crippen LogP contribution in [0.25, 0.3) is 0 Å². The molecule has 0 aliphatic rings. The summed E-state index contributed by atoms with van der Waals surface area (Å²) in [7, 11) is 0. The Kier molecular flexibility index (Phi) is 5.06. The molecule has 7 heteroatoms. The van der Waals surface area contributed by atoms with Gasteiger partial charge in [0.1, 0.15) is 10.9 Å². The second kappa shape index (κ2) is 6.79. The van der Waals surface area contributed by atoms with Gasteiger partial charge in [-0.3, -0.25) is 4.79 Å². The van der Waals surface area contributed by atoms with Gasteiger partial charge in [0, 0.05) is 16.9 Å². The van der Waals surface area contributed by atoms with E-state index in [1.807, 2.05) is 0 Å². The Morgan fingerprint density at radius 1 is 1.20 bits per heavy atom. The third-order valence-corrected chi connectivity index (χ3v) is 3.00. The molecule has 1 N–H and O–H groups in total. The molecule has 2 aromatic rings. The summed E-state index contributed by atoms with van der Waals surface area (Å²) in [4.78, 5) is 15.5. The molecule has 1 heterocycles. The molecule has 20 heavy (non-hydrogen) atoms. The number of pyridine rings is 1. The van der Waals surface area contributed by atoms with Crippen LogP contribution in [0, 0.1) is 0 Å². The van der Waals surface area contributed by atoms with E-state index in [9.17, 15) is 4.79 Å². The molecular formula is C13H9Cl3N2O2. The Labute approximate surface area is 130 Å². The van der Waals surface area contributed by atoms with Crippen molar-refractivity contribution >= 4 is 46.4 Å². The van der Waals surface area contributed by atoms with Gasteiger partial charge in [0.05, 0.1) is 5.02 Å². The Morgan fingerprint density at radius 3 is 2.70 bits per heavy atom. The molecule has 0 fully saturated rings. The molecule has 0 aliphatic carbocycles. The smallest absolute Gasteiger partial charge is 0.262 e.